The van der Waals surface area contributed by atoms with Gasteiger partial charge in [-0.05, 0) is 42.8 Å². The highest BCUT2D eigenvalue weighted by molar-refractivity contribution is 6.30. The predicted molar refractivity (Wildman–Crippen MR) is 83.0 cm³/mol. The number of hydrogen-bond donors (Lipinski definition) is 2. The molecule has 2 rings (SSSR count). The van der Waals surface area contributed by atoms with E-state index >= 15 is 0 Å². The second-order valence-corrected chi connectivity index (χ2v) is 5.26. The van der Waals surface area contributed by atoms with Crippen LogP contribution in [0, 0.1) is 17.5 Å². The lowest BCUT2D eigenvalue weighted by molar-refractivity contribution is -0.115. The minimum atomic E-state index is -1.61. The average molecular weight is 343 g/mol. The van der Waals surface area contributed by atoms with Crippen LogP contribution < -0.4 is 10.6 Å². The second kappa shape index (κ2) is 7.99. The summed E-state index contributed by atoms with van der Waals surface area (Å²) < 4.78 is 39.2. The summed E-state index contributed by atoms with van der Waals surface area (Å²) in [5.41, 5.74) is 0.614. The molecule has 1 amide bonds. The first kappa shape index (κ1) is 17.3. The molecule has 0 radical (unpaired) electrons. The average Bonchev–Trinajstić information content (AvgIpc) is 2.52. The lowest BCUT2D eigenvalue weighted by Crippen LogP contribution is -2.29. The van der Waals surface area contributed by atoms with Crippen molar-refractivity contribution in [1.82, 2.24) is 5.32 Å². The fourth-order valence-corrected chi connectivity index (χ4v) is 2.16. The summed E-state index contributed by atoms with van der Waals surface area (Å²) in [6.07, 6.45) is 0.660. The van der Waals surface area contributed by atoms with E-state index < -0.39 is 29.0 Å². The number of nitrogens with one attached hydrogen (secondary N) is 2. The number of halogens is 4. The van der Waals surface area contributed by atoms with Crippen LogP contribution in [0.25, 0.3) is 0 Å². The van der Waals surface area contributed by atoms with Crippen molar-refractivity contribution in [3.63, 3.8) is 0 Å². The largest absolute Gasteiger partial charge is 0.322 e. The molecule has 122 valence electrons. The van der Waals surface area contributed by atoms with Crippen LogP contribution >= 0.6 is 11.6 Å². The summed E-state index contributed by atoms with van der Waals surface area (Å²) in [4.78, 5) is 11.6. The van der Waals surface area contributed by atoms with Crippen LogP contribution in [0.5, 0.6) is 0 Å². The summed E-state index contributed by atoms with van der Waals surface area (Å²) in [6.45, 7) is 0.424. The number of amides is 1. The van der Waals surface area contributed by atoms with E-state index in [-0.39, 0.29) is 6.54 Å². The molecule has 0 saturated heterocycles. The fourth-order valence-electron chi connectivity index (χ4n) is 1.94. The molecule has 0 aliphatic carbocycles. The van der Waals surface area contributed by atoms with Gasteiger partial charge in [0, 0.05) is 5.02 Å². The van der Waals surface area contributed by atoms with Crippen molar-refractivity contribution in [2.75, 3.05) is 18.4 Å². The van der Waals surface area contributed by atoms with Crippen molar-refractivity contribution in [2.45, 2.75) is 6.42 Å². The van der Waals surface area contributed by atoms with Crippen LogP contribution in [-0.2, 0) is 11.2 Å². The molecule has 0 saturated carbocycles. The molecule has 2 aromatic rings. The van der Waals surface area contributed by atoms with Crippen molar-refractivity contribution in [3.05, 3.63) is 64.4 Å². The van der Waals surface area contributed by atoms with E-state index in [1.807, 2.05) is 18.2 Å². The molecule has 0 unspecified atom stereocenters. The van der Waals surface area contributed by atoms with Gasteiger partial charge in [-0.15, -0.1) is 0 Å². The lowest BCUT2D eigenvalue weighted by Gasteiger charge is -2.08. The number of carbonyl (C=O) groups is 1. The maximum Gasteiger partial charge on any atom is 0.238 e. The van der Waals surface area contributed by atoms with E-state index in [1.54, 1.807) is 6.07 Å². The summed E-state index contributed by atoms with van der Waals surface area (Å²) in [5, 5.41) is 5.69. The third-order valence-electron chi connectivity index (χ3n) is 3.07. The first-order valence-electron chi connectivity index (χ1n) is 6.86. The van der Waals surface area contributed by atoms with Gasteiger partial charge in [0.2, 0.25) is 5.91 Å². The lowest BCUT2D eigenvalue weighted by atomic mass is 10.1. The molecule has 0 aliphatic rings. The van der Waals surface area contributed by atoms with Crippen LogP contribution in [0.1, 0.15) is 5.56 Å². The Labute approximate surface area is 136 Å². The number of rotatable bonds is 6. The second-order valence-electron chi connectivity index (χ2n) is 4.83. The Hall–Kier alpha value is -2.05. The Kier molecular flexibility index (Phi) is 6.01. The van der Waals surface area contributed by atoms with E-state index in [0.717, 1.165) is 17.7 Å². The maximum absolute atomic E-state index is 13.4. The van der Waals surface area contributed by atoms with Gasteiger partial charge in [0.05, 0.1) is 12.2 Å². The summed E-state index contributed by atoms with van der Waals surface area (Å²) >= 11 is 5.86. The molecule has 0 spiro atoms. The predicted octanol–water partition coefficient (Wildman–Crippen LogP) is 3.53. The molecule has 0 aliphatic heterocycles. The fraction of sp³-hybridized carbons (Fsp3) is 0.188. The normalized spacial score (nSPS) is 10.6. The third-order valence-corrected chi connectivity index (χ3v) is 3.31. The first-order valence-corrected chi connectivity index (χ1v) is 7.23. The highest BCUT2D eigenvalue weighted by Gasteiger charge is 2.14. The van der Waals surface area contributed by atoms with Gasteiger partial charge >= 0.3 is 0 Å². The monoisotopic (exact) mass is 342 g/mol. The van der Waals surface area contributed by atoms with Gasteiger partial charge in [-0.2, -0.15) is 0 Å². The van der Waals surface area contributed by atoms with Gasteiger partial charge in [0.15, 0.2) is 17.5 Å². The van der Waals surface area contributed by atoms with Crippen LogP contribution in [0.2, 0.25) is 5.02 Å². The highest BCUT2D eigenvalue weighted by Crippen LogP contribution is 2.19. The first-order chi connectivity index (χ1) is 11.0. The van der Waals surface area contributed by atoms with Crippen molar-refractivity contribution < 1.29 is 18.0 Å². The van der Waals surface area contributed by atoms with E-state index in [1.165, 1.54) is 0 Å². The van der Waals surface area contributed by atoms with Crippen LogP contribution in [0.4, 0.5) is 18.9 Å². The molecule has 0 atom stereocenters. The molecular formula is C16H14ClF3N2O. The molecule has 7 heteroatoms. The van der Waals surface area contributed by atoms with Crippen molar-refractivity contribution >= 4 is 23.2 Å². The maximum atomic E-state index is 13.4. The summed E-state index contributed by atoms with van der Waals surface area (Å²) in [5.74, 6) is -4.89. The zero-order chi connectivity index (χ0) is 16.8. The Bertz CT molecular complexity index is 710. The Morgan fingerprint density at radius 3 is 2.61 bits per heavy atom. The zero-order valence-electron chi connectivity index (χ0n) is 12.0. The topological polar surface area (TPSA) is 41.1 Å². The van der Waals surface area contributed by atoms with E-state index in [9.17, 15) is 18.0 Å². The van der Waals surface area contributed by atoms with Gasteiger partial charge < -0.3 is 10.6 Å². The number of benzene rings is 2. The molecule has 0 heterocycles. The Morgan fingerprint density at radius 2 is 1.87 bits per heavy atom. The molecule has 23 heavy (non-hydrogen) atoms. The molecule has 2 N–H and O–H groups in total. The number of hydrogen-bond acceptors (Lipinski definition) is 2. The van der Waals surface area contributed by atoms with Gasteiger partial charge in [-0.3, -0.25) is 4.79 Å². The van der Waals surface area contributed by atoms with E-state index in [2.05, 4.69) is 10.6 Å². The van der Waals surface area contributed by atoms with Crippen molar-refractivity contribution in [1.29, 1.82) is 0 Å². The smallest absolute Gasteiger partial charge is 0.238 e. The summed E-state index contributed by atoms with van der Waals surface area (Å²) in [7, 11) is 0. The van der Waals surface area contributed by atoms with E-state index in [4.69, 9.17) is 11.6 Å². The van der Waals surface area contributed by atoms with Gasteiger partial charge in [0.25, 0.3) is 0 Å². The standard InChI is InChI=1S/C16H14ClF3N2O/c17-11-3-1-2-10(8-11)6-7-21-9-14(23)22-13-5-4-12(18)15(19)16(13)20/h1-5,8,21H,6-7,9H2,(H,22,23). The van der Waals surface area contributed by atoms with Crippen LogP contribution in [-0.4, -0.2) is 19.0 Å². The molecule has 3 nitrogen and oxygen atoms in total. The van der Waals surface area contributed by atoms with E-state index in [0.29, 0.717) is 18.0 Å². The van der Waals surface area contributed by atoms with Gasteiger partial charge in [0.1, 0.15) is 0 Å². The quantitative estimate of drug-likeness (QED) is 0.623. The SMILES string of the molecule is O=C(CNCCc1cccc(Cl)c1)Nc1ccc(F)c(F)c1F. The van der Waals surface area contributed by atoms with Crippen LogP contribution in [0.3, 0.4) is 0 Å². The minimum absolute atomic E-state index is 0.0843. The van der Waals surface area contributed by atoms with Crippen LogP contribution in [0.15, 0.2) is 36.4 Å². The molecule has 2 aromatic carbocycles. The van der Waals surface area contributed by atoms with Crippen molar-refractivity contribution in [3.8, 4) is 0 Å². The van der Waals surface area contributed by atoms with Gasteiger partial charge in [-0.1, -0.05) is 23.7 Å². The minimum Gasteiger partial charge on any atom is -0.322 e. The summed E-state index contributed by atoms with van der Waals surface area (Å²) in [6, 6.07) is 9.04. The third kappa shape index (κ3) is 4.97. The van der Waals surface area contributed by atoms with Crippen molar-refractivity contribution in [2.24, 2.45) is 0 Å². The number of anilines is 1. The molecular weight excluding hydrogens is 329 g/mol. The van der Waals surface area contributed by atoms with Gasteiger partial charge in [-0.25, -0.2) is 13.2 Å². The molecule has 0 fully saturated rings. The molecule has 0 bridgehead atoms. The Morgan fingerprint density at radius 1 is 1.09 bits per heavy atom. The zero-order valence-corrected chi connectivity index (χ0v) is 12.8. The molecule has 0 aromatic heterocycles. The highest BCUT2D eigenvalue weighted by atomic mass is 35.5. The number of carbonyl (C=O) groups excluding carboxylic acids is 1. The Balaban J connectivity index is 1.78.